The predicted octanol–water partition coefficient (Wildman–Crippen LogP) is 2.77. The fourth-order valence-corrected chi connectivity index (χ4v) is 4.88. The molecule has 0 bridgehead atoms. The van der Waals surface area contributed by atoms with E-state index >= 15 is 0 Å². The number of carboxylic acid groups (broad SMARTS) is 1. The van der Waals surface area contributed by atoms with Gasteiger partial charge in [-0.3, -0.25) is 0 Å². The van der Waals surface area contributed by atoms with E-state index in [2.05, 4.69) is 12.1 Å². The van der Waals surface area contributed by atoms with Crippen LogP contribution in [0.15, 0.2) is 47.5 Å². The monoisotopic (exact) mass is 362 g/mol. The lowest BCUT2D eigenvalue weighted by Crippen LogP contribution is -2.37. The van der Waals surface area contributed by atoms with E-state index in [1.165, 1.54) is 26.7 Å². The second kappa shape index (κ2) is 7.01. The normalized spacial score (nSPS) is 16.8. The van der Waals surface area contributed by atoms with Crippen LogP contribution in [-0.2, 0) is 16.6 Å². The lowest BCUT2D eigenvalue weighted by molar-refractivity contribution is 0.0685. The van der Waals surface area contributed by atoms with Crippen LogP contribution in [0.5, 0.6) is 0 Å². The Morgan fingerprint density at radius 1 is 1.20 bits per heavy atom. The molecule has 0 aliphatic carbocycles. The van der Waals surface area contributed by atoms with Crippen LogP contribution in [-0.4, -0.2) is 41.5 Å². The number of rotatable bonds is 5. The summed E-state index contributed by atoms with van der Waals surface area (Å²) in [6, 6.07) is 11.4. The van der Waals surface area contributed by atoms with Crippen molar-refractivity contribution in [2.75, 3.05) is 13.1 Å². The Morgan fingerprint density at radius 3 is 2.36 bits per heavy atom. The minimum absolute atomic E-state index is 0.000228. The maximum Gasteiger partial charge on any atom is 0.352 e. The van der Waals surface area contributed by atoms with Crippen LogP contribution in [0.3, 0.4) is 0 Å². The average molecular weight is 362 g/mol. The van der Waals surface area contributed by atoms with E-state index in [0.29, 0.717) is 25.6 Å². The van der Waals surface area contributed by atoms with Gasteiger partial charge in [-0.05, 0) is 37.3 Å². The van der Waals surface area contributed by atoms with E-state index in [9.17, 15) is 18.3 Å². The molecule has 0 amide bonds. The van der Waals surface area contributed by atoms with Crippen molar-refractivity contribution < 1.29 is 18.3 Å². The zero-order valence-corrected chi connectivity index (χ0v) is 14.9. The van der Waals surface area contributed by atoms with Crippen LogP contribution in [0.4, 0.5) is 0 Å². The first-order valence-electron chi connectivity index (χ1n) is 8.42. The smallest absolute Gasteiger partial charge is 0.352 e. The summed E-state index contributed by atoms with van der Waals surface area (Å²) in [4.78, 5) is 11.3. The molecule has 1 aromatic heterocycles. The largest absolute Gasteiger partial charge is 0.477 e. The highest BCUT2D eigenvalue weighted by molar-refractivity contribution is 7.89. The summed E-state index contributed by atoms with van der Waals surface area (Å²) >= 11 is 0. The van der Waals surface area contributed by atoms with Crippen molar-refractivity contribution in [1.82, 2.24) is 8.87 Å². The molecule has 1 saturated heterocycles. The Morgan fingerprint density at radius 2 is 1.84 bits per heavy atom. The first-order valence-corrected chi connectivity index (χ1v) is 9.86. The van der Waals surface area contributed by atoms with Crippen LogP contribution in [0.25, 0.3) is 0 Å². The number of piperidine rings is 1. The van der Waals surface area contributed by atoms with Gasteiger partial charge in [-0.2, -0.15) is 4.31 Å². The topological polar surface area (TPSA) is 79.6 Å². The molecule has 0 radical (unpaired) electrons. The summed E-state index contributed by atoms with van der Waals surface area (Å²) < 4.78 is 28.6. The molecule has 1 aliphatic heterocycles. The molecule has 1 N–H and O–H groups in total. The van der Waals surface area contributed by atoms with Gasteiger partial charge in [0.05, 0.1) is 0 Å². The minimum Gasteiger partial charge on any atom is -0.477 e. The molecule has 2 aromatic rings. The van der Waals surface area contributed by atoms with Gasteiger partial charge in [-0.25, -0.2) is 13.2 Å². The van der Waals surface area contributed by atoms with Gasteiger partial charge in [0.2, 0.25) is 10.0 Å². The molecule has 3 rings (SSSR count). The number of carbonyl (C=O) groups is 1. The van der Waals surface area contributed by atoms with Crippen molar-refractivity contribution in [2.45, 2.75) is 37.1 Å². The molecule has 134 valence electrons. The third kappa shape index (κ3) is 3.48. The highest BCUT2D eigenvalue weighted by Gasteiger charge is 2.31. The van der Waals surface area contributed by atoms with E-state index in [4.69, 9.17) is 0 Å². The number of hydrogen-bond donors (Lipinski definition) is 1. The summed E-state index contributed by atoms with van der Waals surface area (Å²) in [6.45, 7) is 3.09. The summed E-state index contributed by atoms with van der Waals surface area (Å²) in [5.41, 5.74) is 1.24. The number of nitrogens with zero attached hydrogens (tertiary/aromatic N) is 2. The Balaban J connectivity index is 1.77. The first kappa shape index (κ1) is 17.7. The maximum absolute atomic E-state index is 12.9. The zero-order chi connectivity index (χ0) is 18.0. The van der Waals surface area contributed by atoms with Gasteiger partial charge < -0.3 is 9.67 Å². The van der Waals surface area contributed by atoms with Gasteiger partial charge >= 0.3 is 5.97 Å². The highest BCUT2D eigenvalue weighted by Crippen LogP contribution is 2.31. The molecule has 25 heavy (non-hydrogen) atoms. The summed E-state index contributed by atoms with van der Waals surface area (Å²) in [7, 11) is -3.66. The fraction of sp³-hybridized carbons (Fsp3) is 0.389. The molecule has 0 atom stereocenters. The van der Waals surface area contributed by atoms with E-state index in [1.807, 2.05) is 18.2 Å². The lowest BCUT2D eigenvalue weighted by Gasteiger charge is -2.31. The highest BCUT2D eigenvalue weighted by atomic mass is 32.2. The van der Waals surface area contributed by atoms with Crippen LogP contribution >= 0.6 is 0 Å². The van der Waals surface area contributed by atoms with Crippen molar-refractivity contribution in [3.63, 3.8) is 0 Å². The average Bonchev–Trinajstić information content (AvgIpc) is 3.08. The van der Waals surface area contributed by atoms with Crippen molar-refractivity contribution >= 4 is 16.0 Å². The minimum atomic E-state index is -3.66. The molecule has 7 heteroatoms. The summed E-state index contributed by atoms with van der Waals surface area (Å²) in [5.74, 6) is -0.756. The quantitative estimate of drug-likeness (QED) is 0.887. The van der Waals surface area contributed by atoms with Gasteiger partial charge in [0.1, 0.15) is 10.6 Å². The van der Waals surface area contributed by atoms with Crippen molar-refractivity contribution in [1.29, 1.82) is 0 Å². The number of sulfonamides is 1. The number of aromatic carboxylic acids is 1. The summed E-state index contributed by atoms with van der Waals surface area (Å²) in [6.07, 6.45) is 2.95. The van der Waals surface area contributed by atoms with Gasteiger partial charge in [-0.15, -0.1) is 0 Å². The lowest BCUT2D eigenvalue weighted by atomic mass is 9.90. The fourth-order valence-electron chi connectivity index (χ4n) is 3.37. The molecule has 6 nitrogen and oxygen atoms in total. The number of aryl methyl sites for hydroxylation is 1. The standard InChI is InChI=1S/C18H22N2O4S/c1-2-19-13-16(12-17(19)18(21)22)25(23,24)20-10-8-15(9-11-20)14-6-4-3-5-7-14/h3-7,12-13,15H,2,8-11H2,1H3,(H,21,22). The third-order valence-corrected chi connectivity index (χ3v) is 6.66. The SMILES string of the molecule is CCn1cc(S(=O)(=O)N2CCC(c3ccccc3)CC2)cc1C(=O)O. The van der Waals surface area contributed by atoms with Gasteiger partial charge in [0, 0.05) is 25.8 Å². The van der Waals surface area contributed by atoms with Crippen molar-refractivity contribution in [3.8, 4) is 0 Å². The Bertz CT molecular complexity index is 850. The van der Waals surface area contributed by atoms with Gasteiger partial charge in [0.15, 0.2) is 0 Å². The first-order chi connectivity index (χ1) is 11.9. The van der Waals surface area contributed by atoms with Crippen molar-refractivity contribution in [3.05, 3.63) is 53.9 Å². The molecular formula is C18H22N2O4S. The van der Waals surface area contributed by atoms with Crippen LogP contribution in [0.1, 0.15) is 41.7 Å². The van der Waals surface area contributed by atoms with Gasteiger partial charge in [0.25, 0.3) is 0 Å². The predicted molar refractivity (Wildman–Crippen MR) is 94.2 cm³/mol. The number of hydrogen-bond acceptors (Lipinski definition) is 3. The van der Waals surface area contributed by atoms with E-state index in [-0.39, 0.29) is 10.6 Å². The summed E-state index contributed by atoms with van der Waals surface area (Å²) in [5, 5.41) is 9.22. The number of benzene rings is 1. The third-order valence-electron chi connectivity index (χ3n) is 4.79. The van der Waals surface area contributed by atoms with E-state index in [0.717, 1.165) is 12.8 Å². The molecular weight excluding hydrogens is 340 g/mol. The molecule has 2 heterocycles. The van der Waals surface area contributed by atoms with Crippen molar-refractivity contribution in [2.24, 2.45) is 0 Å². The number of aromatic nitrogens is 1. The number of carboxylic acids is 1. The molecule has 0 saturated carbocycles. The second-order valence-corrected chi connectivity index (χ2v) is 8.18. The molecule has 1 aliphatic rings. The Hall–Kier alpha value is -2.12. The molecule has 0 spiro atoms. The maximum atomic E-state index is 12.9. The Labute approximate surface area is 147 Å². The molecule has 0 unspecified atom stereocenters. The van der Waals surface area contributed by atoms with E-state index in [1.54, 1.807) is 6.92 Å². The van der Waals surface area contributed by atoms with E-state index < -0.39 is 16.0 Å². The van der Waals surface area contributed by atoms with Crippen LogP contribution in [0, 0.1) is 0 Å². The second-order valence-electron chi connectivity index (χ2n) is 6.24. The molecule has 1 aromatic carbocycles. The zero-order valence-electron chi connectivity index (χ0n) is 14.1. The molecule has 1 fully saturated rings. The van der Waals surface area contributed by atoms with Crippen LogP contribution in [0.2, 0.25) is 0 Å². The van der Waals surface area contributed by atoms with Crippen LogP contribution < -0.4 is 0 Å². The Kier molecular flexibility index (Phi) is 4.96. The van der Waals surface area contributed by atoms with Gasteiger partial charge in [-0.1, -0.05) is 30.3 Å².